The van der Waals surface area contributed by atoms with Gasteiger partial charge in [-0.2, -0.15) is 0 Å². The molecule has 5 heteroatoms. The van der Waals surface area contributed by atoms with Gasteiger partial charge in [0.15, 0.2) is 11.6 Å². The maximum atomic E-state index is 5.90. The Balaban J connectivity index is 1.81. The molecule has 1 aromatic heterocycles. The molecule has 1 aliphatic rings. The Kier molecular flexibility index (Phi) is 2.91. The lowest BCUT2D eigenvalue weighted by molar-refractivity contribution is -0.120. The monoisotopic (exact) mass is 260 g/mol. The fraction of sp³-hybridized carbons (Fsp3) is 0.357. The van der Waals surface area contributed by atoms with Crippen LogP contribution in [0.25, 0.3) is 11.3 Å². The molecule has 5 nitrogen and oxygen atoms in total. The number of hydrogen-bond donors (Lipinski definition) is 1. The summed E-state index contributed by atoms with van der Waals surface area (Å²) in [5, 5.41) is 3.70. The van der Waals surface area contributed by atoms with Gasteiger partial charge >= 0.3 is 0 Å². The molecular formula is C14H16N2O3. The van der Waals surface area contributed by atoms with Gasteiger partial charge in [-0.05, 0) is 12.1 Å². The van der Waals surface area contributed by atoms with Gasteiger partial charge in [-0.1, -0.05) is 24.2 Å². The highest BCUT2D eigenvalue weighted by Crippen LogP contribution is 2.33. The number of nitrogen functional groups attached to an aromatic ring is 1. The second-order valence-electron chi connectivity index (χ2n) is 5.20. The van der Waals surface area contributed by atoms with Crippen LogP contribution < -0.4 is 10.5 Å². The van der Waals surface area contributed by atoms with Crippen molar-refractivity contribution in [1.82, 2.24) is 5.16 Å². The van der Waals surface area contributed by atoms with Gasteiger partial charge in [0, 0.05) is 11.5 Å². The standard InChI is InChI=1S/C14H16N2O3/c1-14(7-17-8-14)9-18-11-5-3-2-4-10(11)12-6-13(15)16-19-12/h2-6H,7-9H2,1H3,(H2,15,16). The maximum absolute atomic E-state index is 5.90. The Morgan fingerprint density at radius 1 is 1.37 bits per heavy atom. The van der Waals surface area contributed by atoms with Crippen LogP contribution in [-0.4, -0.2) is 25.0 Å². The Morgan fingerprint density at radius 2 is 2.16 bits per heavy atom. The van der Waals surface area contributed by atoms with E-state index >= 15 is 0 Å². The van der Waals surface area contributed by atoms with Crippen molar-refractivity contribution in [3.63, 3.8) is 0 Å². The van der Waals surface area contributed by atoms with E-state index in [0.717, 1.165) is 24.5 Å². The van der Waals surface area contributed by atoms with Crippen LogP contribution in [0.3, 0.4) is 0 Å². The summed E-state index contributed by atoms with van der Waals surface area (Å²) in [5.41, 5.74) is 6.54. The quantitative estimate of drug-likeness (QED) is 0.913. The van der Waals surface area contributed by atoms with Crippen LogP contribution in [0, 0.1) is 5.41 Å². The molecular weight excluding hydrogens is 244 g/mol. The zero-order chi connectivity index (χ0) is 13.3. The molecule has 2 aromatic rings. The molecule has 2 heterocycles. The maximum Gasteiger partial charge on any atom is 0.172 e. The molecule has 1 aliphatic heterocycles. The van der Waals surface area contributed by atoms with Crippen molar-refractivity contribution in [3.8, 4) is 17.1 Å². The van der Waals surface area contributed by atoms with Gasteiger partial charge in [0.25, 0.3) is 0 Å². The third-order valence-corrected chi connectivity index (χ3v) is 3.16. The number of aromatic nitrogens is 1. The minimum Gasteiger partial charge on any atom is -0.492 e. The third-order valence-electron chi connectivity index (χ3n) is 3.16. The molecule has 1 fully saturated rings. The first-order valence-corrected chi connectivity index (χ1v) is 6.18. The average molecular weight is 260 g/mol. The van der Waals surface area contributed by atoms with E-state index < -0.39 is 0 Å². The first-order valence-electron chi connectivity index (χ1n) is 6.18. The summed E-state index contributed by atoms with van der Waals surface area (Å²) >= 11 is 0. The number of ether oxygens (including phenoxy) is 2. The second-order valence-corrected chi connectivity index (χ2v) is 5.20. The van der Waals surface area contributed by atoms with Crippen LogP contribution in [0.1, 0.15) is 6.92 Å². The number of nitrogens with two attached hydrogens (primary N) is 1. The molecule has 0 radical (unpaired) electrons. The number of benzene rings is 1. The van der Waals surface area contributed by atoms with Crippen LogP contribution in [0.5, 0.6) is 5.75 Å². The first-order chi connectivity index (χ1) is 9.16. The summed E-state index contributed by atoms with van der Waals surface area (Å²) in [4.78, 5) is 0. The molecule has 0 spiro atoms. The van der Waals surface area contributed by atoms with E-state index in [-0.39, 0.29) is 5.41 Å². The van der Waals surface area contributed by atoms with Gasteiger partial charge in [-0.15, -0.1) is 0 Å². The minimum absolute atomic E-state index is 0.105. The highest BCUT2D eigenvalue weighted by atomic mass is 16.5. The molecule has 0 aliphatic carbocycles. The lowest BCUT2D eigenvalue weighted by Crippen LogP contribution is -2.44. The summed E-state index contributed by atoms with van der Waals surface area (Å²) < 4.78 is 16.3. The summed E-state index contributed by atoms with van der Waals surface area (Å²) in [6, 6.07) is 9.38. The molecule has 0 bridgehead atoms. The smallest absolute Gasteiger partial charge is 0.172 e. The average Bonchev–Trinajstić information content (AvgIpc) is 2.81. The second kappa shape index (κ2) is 4.59. The SMILES string of the molecule is CC1(COc2ccccc2-c2cc(N)no2)COC1. The fourth-order valence-electron chi connectivity index (χ4n) is 2.00. The van der Waals surface area contributed by atoms with Gasteiger partial charge in [0.2, 0.25) is 0 Å². The van der Waals surface area contributed by atoms with E-state index in [4.69, 9.17) is 19.7 Å². The van der Waals surface area contributed by atoms with Gasteiger partial charge < -0.3 is 19.7 Å². The highest BCUT2D eigenvalue weighted by molar-refractivity contribution is 5.67. The molecule has 0 unspecified atom stereocenters. The van der Waals surface area contributed by atoms with Crippen molar-refractivity contribution >= 4 is 5.82 Å². The third kappa shape index (κ3) is 2.42. The molecule has 19 heavy (non-hydrogen) atoms. The lowest BCUT2D eigenvalue weighted by Gasteiger charge is -2.37. The molecule has 1 aromatic carbocycles. The predicted molar refractivity (Wildman–Crippen MR) is 70.8 cm³/mol. The fourth-order valence-corrected chi connectivity index (χ4v) is 2.00. The van der Waals surface area contributed by atoms with Crippen LogP contribution in [0.15, 0.2) is 34.9 Å². The number of rotatable bonds is 4. The van der Waals surface area contributed by atoms with Crippen molar-refractivity contribution < 1.29 is 14.0 Å². The van der Waals surface area contributed by atoms with Gasteiger partial charge in [0.05, 0.1) is 25.4 Å². The Bertz CT molecular complexity index is 576. The van der Waals surface area contributed by atoms with Crippen molar-refractivity contribution in [2.45, 2.75) is 6.92 Å². The molecule has 100 valence electrons. The topological polar surface area (TPSA) is 70.5 Å². The van der Waals surface area contributed by atoms with Gasteiger partial charge in [-0.3, -0.25) is 0 Å². The molecule has 0 atom stereocenters. The molecule has 0 saturated carbocycles. The van der Waals surface area contributed by atoms with Crippen LogP contribution >= 0.6 is 0 Å². The van der Waals surface area contributed by atoms with Crippen LogP contribution in [-0.2, 0) is 4.74 Å². The summed E-state index contributed by atoms with van der Waals surface area (Å²) in [6.07, 6.45) is 0. The van der Waals surface area contributed by atoms with E-state index in [1.54, 1.807) is 6.07 Å². The van der Waals surface area contributed by atoms with E-state index in [2.05, 4.69) is 12.1 Å². The van der Waals surface area contributed by atoms with Crippen molar-refractivity contribution in [3.05, 3.63) is 30.3 Å². The largest absolute Gasteiger partial charge is 0.492 e. The predicted octanol–water partition coefficient (Wildman–Crippen LogP) is 2.34. The lowest BCUT2D eigenvalue weighted by atomic mass is 9.90. The Morgan fingerprint density at radius 3 is 2.79 bits per heavy atom. The summed E-state index contributed by atoms with van der Waals surface area (Å²) in [6.45, 7) is 4.24. The number of para-hydroxylation sites is 1. The highest BCUT2D eigenvalue weighted by Gasteiger charge is 2.34. The molecule has 3 rings (SSSR count). The molecule has 1 saturated heterocycles. The summed E-state index contributed by atoms with van der Waals surface area (Å²) in [7, 11) is 0. The van der Waals surface area contributed by atoms with Gasteiger partial charge in [0.1, 0.15) is 5.75 Å². The van der Waals surface area contributed by atoms with Crippen molar-refractivity contribution in [2.24, 2.45) is 5.41 Å². The van der Waals surface area contributed by atoms with E-state index in [9.17, 15) is 0 Å². The van der Waals surface area contributed by atoms with Crippen LogP contribution in [0.2, 0.25) is 0 Å². The van der Waals surface area contributed by atoms with Crippen molar-refractivity contribution in [1.29, 1.82) is 0 Å². The van der Waals surface area contributed by atoms with E-state index in [1.165, 1.54) is 0 Å². The first kappa shape index (κ1) is 12.0. The normalized spacial score (nSPS) is 16.9. The number of hydrogen-bond acceptors (Lipinski definition) is 5. The van der Waals surface area contributed by atoms with E-state index in [1.807, 2.05) is 24.3 Å². The van der Waals surface area contributed by atoms with E-state index in [0.29, 0.717) is 18.2 Å². The minimum atomic E-state index is 0.105. The van der Waals surface area contributed by atoms with Crippen molar-refractivity contribution in [2.75, 3.05) is 25.6 Å². The molecule has 2 N–H and O–H groups in total. The zero-order valence-corrected chi connectivity index (χ0v) is 10.8. The summed E-state index contributed by atoms with van der Waals surface area (Å²) in [5.74, 6) is 1.75. The Hall–Kier alpha value is -2.01. The van der Waals surface area contributed by atoms with Gasteiger partial charge in [-0.25, -0.2) is 0 Å². The Labute approximate surface area is 111 Å². The number of nitrogens with zero attached hydrogens (tertiary/aromatic N) is 1. The van der Waals surface area contributed by atoms with Crippen LogP contribution in [0.4, 0.5) is 5.82 Å². The number of anilines is 1. The zero-order valence-electron chi connectivity index (χ0n) is 10.8. The molecule has 0 amide bonds.